The number of piperidine rings is 3. The third-order valence-corrected chi connectivity index (χ3v) is 8.11. The molecule has 1 unspecified atom stereocenters. The van der Waals surface area contributed by atoms with Crippen LogP contribution in [-0.4, -0.2) is 51.0 Å². The smallest absolute Gasteiger partial charge is 0.407 e. The van der Waals surface area contributed by atoms with Gasteiger partial charge >= 0.3 is 6.09 Å². The molecular weight excluding hydrogens is 428 g/mol. The van der Waals surface area contributed by atoms with Crippen LogP contribution in [0.2, 0.25) is 0 Å². The summed E-state index contributed by atoms with van der Waals surface area (Å²) in [6, 6.07) is 12.2. The summed E-state index contributed by atoms with van der Waals surface area (Å²) >= 11 is 0. The minimum atomic E-state index is -0.292. The summed E-state index contributed by atoms with van der Waals surface area (Å²) in [6.45, 7) is 7.59. The fraction of sp³-hybridized carbons (Fsp3) is 0.536. The summed E-state index contributed by atoms with van der Waals surface area (Å²) in [4.78, 5) is 15.4. The molecule has 182 valence electrons. The first kappa shape index (κ1) is 23.0. The summed E-state index contributed by atoms with van der Waals surface area (Å²) in [6.07, 6.45) is 3.92. The van der Waals surface area contributed by atoms with Crippen LogP contribution in [0.3, 0.4) is 0 Å². The second kappa shape index (κ2) is 9.14. The van der Waals surface area contributed by atoms with Gasteiger partial charge in [0.05, 0.1) is 25.8 Å². The molecule has 0 radical (unpaired) electrons. The summed E-state index contributed by atoms with van der Waals surface area (Å²) < 4.78 is 17.2. The molecular formula is C28H36N2O4. The van der Waals surface area contributed by atoms with Crippen molar-refractivity contribution in [1.29, 1.82) is 0 Å². The van der Waals surface area contributed by atoms with Gasteiger partial charge in [-0.3, -0.25) is 4.90 Å². The molecule has 4 aliphatic rings. The van der Waals surface area contributed by atoms with Gasteiger partial charge in [0.15, 0.2) is 0 Å². The number of carbonyl (C=O) groups excluding carboxylic acids is 1. The van der Waals surface area contributed by atoms with E-state index < -0.39 is 0 Å². The summed E-state index contributed by atoms with van der Waals surface area (Å²) in [5.41, 5.74) is 4.36. The maximum Gasteiger partial charge on any atom is 0.407 e. The Kier molecular flexibility index (Phi) is 6.19. The zero-order valence-electron chi connectivity index (χ0n) is 20.7. The summed E-state index contributed by atoms with van der Waals surface area (Å²) in [7, 11) is 3.36. The second-order valence-corrected chi connectivity index (χ2v) is 10.6. The van der Waals surface area contributed by atoms with Crippen molar-refractivity contribution in [3.63, 3.8) is 0 Å². The molecule has 6 rings (SSSR count). The normalized spacial score (nSPS) is 26.9. The zero-order chi connectivity index (χ0) is 23.9. The lowest BCUT2D eigenvalue weighted by Gasteiger charge is -2.44. The molecule has 6 nitrogen and oxygen atoms in total. The van der Waals surface area contributed by atoms with Gasteiger partial charge < -0.3 is 19.5 Å². The van der Waals surface area contributed by atoms with E-state index in [1.807, 2.05) is 18.2 Å². The number of carbonyl (C=O) groups is 1. The van der Waals surface area contributed by atoms with Crippen molar-refractivity contribution in [2.75, 3.05) is 33.9 Å². The lowest BCUT2D eigenvalue weighted by Crippen LogP contribution is -2.53. The number of alkyl carbamates (subject to hydrolysis) is 1. The van der Waals surface area contributed by atoms with E-state index in [1.54, 1.807) is 14.2 Å². The third-order valence-electron chi connectivity index (χ3n) is 8.11. The third kappa shape index (κ3) is 4.24. The highest BCUT2D eigenvalue weighted by atomic mass is 16.6. The predicted molar refractivity (Wildman–Crippen MR) is 132 cm³/mol. The molecule has 6 heteroatoms. The van der Waals surface area contributed by atoms with Crippen molar-refractivity contribution in [3.05, 3.63) is 47.5 Å². The van der Waals surface area contributed by atoms with Crippen LogP contribution in [0.1, 0.15) is 50.3 Å². The Morgan fingerprint density at radius 2 is 1.76 bits per heavy atom. The first-order chi connectivity index (χ1) is 16.4. The molecule has 2 aromatic rings. The van der Waals surface area contributed by atoms with Crippen molar-refractivity contribution < 1.29 is 19.0 Å². The Bertz CT molecular complexity index is 1040. The van der Waals surface area contributed by atoms with Crippen LogP contribution in [-0.2, 0) is 11.2 Å². The summed E-state index contributed by atoms with van der Waals surface area (Å²) in [5.74, 6) is 2.07. The molecule has 2 atom stereocenters. The first-order valence-electron chi connectivity index (χ1n) is 12.4. The zero-order valence-corrected chi connectivity index (χ0v) is 20.7. The molecule has 34 heavy (non-hydrogen) atoms. The van der Waals surface area contributed by atoms with Gasteiger partial charge in [0.25, 0.3) is 0 Å². The van der Waals surface area contributed by atoms with E-state index >= 15 is 0 Å². The van der Waals surface area contributed by atoms with Crippen molar-refractivity contribution in [2.45, 2.75) is 51.7 Å². The number of rotatable bonds is 5. The van der Waals surface area contributed by atoms with Crippen molar-refractivity contribution in [2.24, 2.45) is 11.3 Å². The average molecular weight is 465 g/mol. The number of benzene rings is 2. The largest absolute Gasteiger partial charge is 0.496 e. The standard InChI is InChI=1S/C28H36N2O4/c1-28(2)13-10-19-16-20(25-22(32-3)6-5-7-23(25)33-4)8-9-21(19)26(28)29-27(31)34-24-17-30-14-11-18(24)12-15-30/h5-9,16,18,24,26H,10-15,17H2,1-4H3,(H,29,31)/t24-,26?/m1/s1. The van der Waals surface area contributed by atoms with E-state index in [2.05, 4.69) is 42.3 Å². The molecule has 3 aliphatic heterocycles. The van der Waals surface area contributed by atoms with Crippen molar-refractivity contribution >= 4 is 6.09 Å². The number of fused-ring (bicyclic) bond motifs is 4. The molecule has 3 saturated heterocycles. The van der Waals surface area contributed by atoms with Crippen LogP contribution in [0.15, 0.2) is 36.4 Å². The number of amides is 1. The van der Waals surface area contributed by atoms with Gasteiger partial charge in [0, 0.05) is 6.54 Å². The van der Waals surface area contributed by atoms with Crippen LogP contribution in [0.25, 0.3) is 11.1 Å². The number of methoxy groups -OCH3 is 2. The molecule has 3 fully saturated rings. The number of hydrogen-bond donors (Lipinski definition) is 1. The summed E-state index contributed by atoms with van der Waals surface area (Å²) in [5, 5.41) is 3.25. The van der Waals surface area contributed by atoms with Gasteiger partial charge in [0.2, 0.25) is 0 Å². The lowest BCUT2D eigenvalue weighted by atomic mass is 9.70. The molecule has 2 aromatic carbocycles. The second-order valence-electron chi connectivity index (χ2n) is 10.6. The Hall–Kier alpha value is -2.73. The fourth-order valence-electron chi connectivity index (χ4n) is 6.02. The Labute approximate surface area is 202 Å². The van der Waals surface area contributed by atoms with Crippen molar-refractivity contribution in [3.8, 4) is 22.6 Å². The SMILES string of the molecule is COc1cccc(OC)c1-c1ccc2c(c1)CCC(C)(C)C2NC(=O)O[C@@H]1CN2CCC1CC2. The van der Waals surface area contributed by atoms with Crippen LogP contribution < -0.4 is 14.8 Å². The highest BCUT2D eigenvalue weighted by Gasteiger charge is 2.40. The maximum absolute atomic E-state index is 13.0. The van der Waals surface area contributed by atoms with Gasteiger partial charge in [-0.25, -0.2) is 4.79 Å². The number of nitrogens with one attached hydrogen (secondary N) is 1. The van der Waals surface area contributed by atoms with Gasteiger partial charge in [-0.05, 0) is 78.9 Å². The molecule has 0 aromatic heterocycles. The van der Waals surface area contributed by atoms with Gasteiger partial charge in [-0.2, -0.15) is 0 Å². The average Bonchev–Trinajstić information content (AvgIpc) is 2.85. The molecule has 0 saturated carbocycles. The van der Waals surface area contributed by atoms with Crippen LogP contribution in [0.5, 0.6) is 11.5 Å². The number of nitrogens with zero attached hydrogens (tertiary/aromatic N) is 1. The first-order valence-corrected chi connectivity index (χ1v) is 12.4. The van der Waals surface area contributed by atoms with Gasteiger partial charge in [-0.15, -0.1) is 0 Å². The van der Waals surface area contributed by atoms with E-state index in [9.17, 15) is 4.79 Å². The predicted octanol–water partition coefficient (Wildman–Crippen LogP) is 5.20. The van der Waals surface area contributed by atoms with Crippen LogP contribution >= 0.6 is 0 Å². The van der Waals surface area contributed by atoms with E-state index in [0.29, 0.717) is 5.92 Å². The Morgan fingerprint density at radius 1 is 1.06 bits per heavy atom. The van der Waals surface area contributed by atoms with Crippen LogP contribution in [0, 0.1) is 11.3 Å². The monoisotopic (exact) mass is 464 g/mol. The van der Waals surface area contributed by atoms with Gasteiger partial charge in [-0.1, -0.05) is 38.1 Å². The fourth-order valence-corrected chi connectivity index (χ4v) is 6.02. The molecule has 2 bridgehead atoms. The Morgan fingerprint density at radius 3 is 2.38 bits per heavy atom. The van der Waals surface area contributed by atoms with Crippen molar-refractivity contribution in [1.82, 2.24) is 10.2 Å². The molecule has 0 spiro atoms. The minimum absolute atomic E-state index is 0.00839. The maximum atomic E-state index is 13.0. The quantitative estimate of drug-likeness (QED) is 0.659. The number of aryl methyl sites for hydroxylation is 1. The van der Waals surface area contributed by atoms with E-state index in [0.717, 1.165) is 67.9 Å². The lowest BCUT2D eigenvalue weighted by molar-refractivity contribution is -0.0353. The van der Waals surface area contributed by atoms with E-state index in [1.165, 1.54) is 11.1 Å². The minimum Gasteiger partial charge on any atom is -0.496 e. The Balaban J connectivity index is 1.40. The topological polar surface area (TPSA) is 60.0 Å². The molecule has 1 amide bonds. The molecule has 3 heterocycles. The van der Waals surface area contributed by atoms with Gasteiger partial charge in [0.1, 0.15) is 17.6 Å². The number of ether oxygens (including phenoxy) is 3. The molecule has 1 aliphatic carbocycles. The highest BCUT2D eigenvalue weighted by molar-refractivity contribution is 5.78. The molecule has 1 N–H and O–H groups in total. The van der Waals surface area contributed by atoms with Crippen LogP contribution in [0.4, 0.5) is 4.79 Å². The number of hydrogen-bond acceptors (Lipinski definition) is 5. The highest BCUT2D eigenvalue weighted by Crippen LogP contribution is 2.46. The van der Waals surface area contributed by atoms with E-state index in [4.69, 9.17) is 14.2 Å². The van der Waals surface area contributed by atoms with E-state index in [-0.39, 0.29) is 23.7 Å².